The van der Waals surface area contributed by atoms with Crippen LogP contribution >= 0.6 is 7.82 Å². The number of esters is 2. The third-order valence-corrected chi connectivity index (χ3v) is 16.6. The lowest BCUT2D eigenvalue weighted by Gasteiger charge is -2.28. The number of rotatable bonds is 66. The van der Waals surface area contributed by atoms with Gasteiger partial charge < -0.3 is 27.9 Å². The number of hydrogen-bond donors (Lipinski definition) is 0. The van der Waals surface area contributed by atoms with E-state index in [2.05, 4.69) is 111 Å². The van der Waals surface area contributed by atoms with Crippen molar-refractivity contribution in [3.05, 3.63) is 97.2 Å². The summed E-state index contributed by atoms with van der Waals surface area (Å²) in [6.07, 6.45) is 92.1. The van der Waals surface area contributed by atoms with Crippen LogP contribution in [0.4, 0.5) is 0 Å². The van der Waals surface area contributed by atoms with Crippen LogP contribution in [0.15, 0.2) is 97.2 Å². The average molecular weight is 1220 g/mol. The van der Waals surface area contributed by atoms with Crippen LogP contribution in [0, 0.1) is 0 Å². The highest BCUT2D eigenvalue weighted by molar-refractivity contribution is 7.45. The molecule has 0 aliphatic heterocycles. The lowest BCUT2D eigenvalue weighted by atomic mass is 10.0. The molecule has 0 radical (unpaired) electrons. The molecule has 0 rings (SSSR count). The fourth-order valence-corrected chi connectivity index (χ4v) is 10.8. The van der Waals surface area contributed by atoms with Gasteiger partial charge in [0, 0.05) is 12.8 Å². The molecule has 0 aromatic heterocycles. The lowest BCUT2D eigenvalue weighted by molar-refractivity contribution is -0.870. The molecule has 0 fully saturated rings. The number of ether oxygens (including phenoxy) is 2. The van der Waals surface area contributed by atoms with Crippen LogP contribution in [0.2, 0.25) is 0 Å². The number of carbonyl (C=O) groups excluding carboxylic acids is 2. The molecule has 0 bridgehead atoms. The molecule has 498 valence electrons. The van der Waals surface area contributed by atoms with Gasteiger partial charge in [-0.3, -0.25) is 14.2 Å². The molecule has 0 aliphatic rings. The Hall–Kier alpha value is -3.07. The first kappa shape index (κ1) is 82.9. The second kappa shape index (κ2) is 66.4. The Morgan fingerprint density at radius 3 is 1.00 bits per heavy atom. The highest BCUT2D eigenvalue weighted by atomic mass is 31.2. The van der Waals surface area contributed by atoms with E-state index < -0.39 is 26.5 Å². The third kappa shape index (κ3) is 70.0. The number of unbranched alkanes of at least 4 members (excludes halogenated alkanes) is 36. The molecule has 0 N–H and O–H groups in total. The van der Waals surface area contributed by atoms with E-state index in [9.17, 15) is 19.0 Å². The smallest absolute Gasteiger partial charge is 0.306 e. The van der Waals surface area contributed by atoms with E-state index in [1.807, 2.05) is 21.1 Å². The normalized spacial score (nSPS) is 13.7. The minimum Gasteiger partial charge on any atom is -0.756 e. The largest absolute Gasteiger partial charge is 0.756 e. The van der Waals surface area contributed by atoms with E-state index in [-0.39, 0.29) is 32.0 Å². The van der Waals surface area contributed by atoms with Crippen molar-refractivity contribution < 1.29 is 42.1 Å². The minimum absolute atomic E-state index is 0.0319. The number of carbonyl (C=O) groups is 2. The molecule has 9 nitrogen and oxygen atoms in total. The molecular weight excluding hydrogens is 1090 g/mol. The van der Waals surface area contributed by atoms with Crippen molar-refractivity contribution in [3.63, 3.8) is 0 Å². The molecule has 86 heavy (non-hydrogen) atoms. The van der Waals surface area contributed by atoms with Crippen molar-refractivity contribution in [1.82, 2.24) is 0 Å². The van der Waals surface area contributed by atoms with Crippen LogP contribution in [-0.2, 0) is 32.7 Å². The van der Waals surface area contributed by atoms with Crippen molar-refractivity contribution in [2.24, 2.45) is 0 Å². The van der Waals surface area contributed by atoms with Gasteiger partial charge in [-0.15, -0.1) is 0 Å². The summed E-state index contributed by atoms with van der Waals surface area (Å²) in [4.78, 5) is 38.1. The van der Waals surface area contributed by atoms with E-state index in [0.717, 1.165) is 83.5 Å². The SMILES string of the molecule is CC/C=C\C/C=C\C/C=C\C/C=C\C/C=C\C/C=C\C/C=C\CCCCCCCCCCCCCCCCCCCC(=O)OC(COC(=O)CCCCCCCCCCCCC/C=C\CCCCCCCCCC)COP(=O)([O-])OCC[N+](C)(C)C. The molecule has 0 aliphatic carbocycles. The number of likely N-dealkylation sites (N-methyl/N-ethyl adjacent to an activating group) is 1. The van der Waals surface area contributed by atoms with Gasteiger partial charge in [0.05, 0.1) is 27.7 Å². The first-order chi connectivity index (χ1) is 42.0. The fourth-order valence-electron chi connectivity index (χ4n) is 10.1. The summed E-state index contributed by atoms with van der Waals surface area (Å²) >= 11 is 0. The van der Waals surface area contributed by atoms with Crippen molar-refractivity contribution in [2.75, 3.05) is 47.5 Å². The van der Waals surface area contributed by atoms with Crippen molar-refractivity contribution in [1.29, 1.82) is 0 Å². The maximum absolute atomic E-state index is 12.9. The average Bonchev–Trinajstić information content (AvgIpc) is 3.56. The van der Waals surface area contributed by atoms with Crippen LogP contribution < -0.4 is 4.89 Å². The van der Waals surface area contributed by atoms with Crippen molar-refractivity contribution in [3.8, 4) is 0 Å². The van der Waals surface area contributed by atoms with Crippen molar-refractivity contribution >= 4 is 19.8 Å². The van der Waals surface area contributed by atoms with Crippen LogP contribution in [0.1, 0.15) is 322 Å². The Kier molecular flexibility index (Phi) is 64.0. The quantitative estimate of drug-likeness (QED) is 0.0195. The highest BCUT2D eigenvalue weighted by Crippen LogP contribution is 2.38. The van der Waals surface area contributed by atoms with Crippen LogP contribution in [0.3, 0.4) is 0 Å². The summed E-state index contributed by atoms with van der Waals surface area (Å²) in [6.45, 7) is 4.16. The van der Waals surface area contributed by atoms with Crippen molar-refractivity contribution in [2.45, 2.75) is 328 Å². The number of quaternary nitrogens is 1. The second-order valence-corrected chi connectivity index (χ2v) is 26.6. The zero-order valence-electron chi connectivity index (χ0n) is 56.7. The third-order valence-electron chi connectivity index (χ3n) is 15.6. The van der Waals surface area contributed by atoms with Gasteiger partial charge in [-0.1, -0.05) is 310 Å². The monoisotopic (exact) mass is 1220 g/mol. The topological polar surface area (TPSA) is 111 Å². The molecule has 0 saturated heterocycles. The number of phosphoric ester groups is 1. The maximum Gasteiger partial charge on any atom is 0.306 e. The molecular formula is C76H136NO8P. The Morgan fingerprint density at radius 1 is 0.372 bits per heavy atom. The Balaban J connectivity index is 4.00. The molecule has 0 saturated carbocycles. The van der Waals surface area contributed by atoms with Gasteiger partial charge in [-0.2, -0.15) is 0 Å². The van der Waals surface area contributed by atoms with Gasteiger partial charge >= 0.3 is 11.9 Å². The van der Waals surface area contributed by atoms with Gasteiger partial charge in [0.25, 0.3) is 7.82 Å². The summed E-state index contributed by atoms with van der Waals surface area (Å²) in [5.41, 5.74) is 0. The maximum atomic E-state index is 12.9. The van der Waals surface area contributed by atoms with Gasteiger partial charge in [0.2, 0.25) is 0 Å². The predicted molar refractivity (Wildman–Crippen MR) is 369 cm³/mol. The Morgan fingerprint density at radius 2 is 0.663 bits per heavy atom. The molecule has 0 heterocycles. The first-order valence-electron chi connectivity index (χ1n) is 35.9. The Bertz CT molecular complexity index is 1770. The van der Waals surface area contributed by atoms with E-state index in [4.69, 9.17) is 18.5 Å². The Labute approximate surface area is 532 Å². The number of allylic oxidation sites excluding steroid dienone is 16. The molecule has 10 heteroatoms. The molecule has 2 atom stereocenters. The van der Waals surface area contributed by atoms with Gasteiger partial charge in [-0.05, 0) is 96.3 Å². The van der Waals surface area contributed by atoms with Crippen LogP contribution in [-0.4, -0.2) is 70.0 Å². The van der Waals surface area contributed by atoms with Gasteiger partial charge in [0.15, 0.2) is 6.10 Å². The summed E-state index contributed by atoms with van der Waals surface area (Å²) in [5.74, 6) is -0.823. The summed E-state index contributed by atoms with van der Waals surface area (Å²) < 4.78 is 34.3. The lowest BCUT2D eigenvalue weighted by Crippen LogP contribution is -2.37. The molecule has 0 aromatic rings. The summed E-state index contributed by atoms with van der Waals surface area (Å²) in [5, 5.41) is 0. The fraction of sp³-hybridized carbons (Fsp3) is 0.763. The molecule has 0 aromatic carbocycles. The van der Waals surface area contributed by atoms with Gasteiger partial charge in [0.1, 0.15) is 19.8 Å². The van der Waals surface area contributed by atoms with E-state index >= 15 is 0 Å². The number of nitrogens with zero attached hydrogens (tertiary/aromatic N) is 1. The van der Waals surface area contributed by atoms with Gasteiger partial charge in [-0.25, -0.2) is 0 Å². The number of phosphoric acid groups is 1. The van der Waals surface area contributed by atoms with Crippen LogP contribution in [0.25, 0.3) is 0 Å². The zero-order valence-corrected chi connectivity index (χ0v) is 57.6. The van der Waals surface area contributed by atoms with Crippen LogP contribution in [0.5, 0.6) is 0 Å². The first-order valence-corrected chi connectivity index (χ1v) is 37.4. The molecule has 0 amide bonds. The second-order valence-electron chi connectivity index (χ2n) is 25.2. The standard InChI is InChI=1S/C76H136NO8P/c1-6-8-10-12-14-16-18-20-22-24-26-28-30-31-32-33-34-35-36-37-38-39-40-41-42-43-44-45-47-49-51-53-55-57-59-61-63-65-67-69-76(79)85-74(73-84-86(80,81)83-71-70-77(3,4)5)72-82-75(78)68-66-64-62-60-58-56-54-52-50-48-46-29-27-25-23-21-19-17-15-13-11-9-7-2/h8,10,14,16,20,22,25-28,31-32,34-35,37-38,74H,6-7,9,11-13,15,17-19,21,23-24,29-30,33,36,39-73H2,1-5H3/b10-8-,16-14-,22-20-,27-25-,28-26-,32-31-,35-34-,38-37-. The minimum atomic E-state index is -4.64. The summed E-state index contributed by atoms with van der Waals surface area (Å²) in [7, 11) is 1.17. The predicted octanol–water partition coefficient (Wildman–Crippen LogP) is 22.9. The van der Waals surface area contributed by atoms with E-state index in [1.54, 1.807) is 0 Å². The molecule has 2 unspecified atom stereocenters. The van der Waals surface area contributed by atoms with E-state index in [1.165, 1.54) is 205 Å². The summed E-state index contributed by atoms with van der Waals surface area (Å²) in [6, 6.07) is 0. The zero-order chi connectivity index (χ0) is 62.6. The van der Waals surface area contributed by atoms with E-state index in [0.29, 0.717) is 17.4 Å². The molecule has 0 spiro atoms. The highest BCUT2D eigenvalue weighted by Gasteiger charge is 2.22. The number of hydrogen-bond acceptors (Lipinski definition) is 8.